The largest absolute Gasteiger partial charge is 0.493 e. The van der Waals surface area contributed by atoms with Gasteiger partial charge < -0.3 is 24.0 Å². The minimum atomic E-state index is -0.460. The number of allylic oxidation sites excluding steroid dienone is 1. The van der Waals surface area contributed by atoms with Gasteiger partial charge in [0, 0.05) is 40.1 Å². The molecule has 2 aromatic carbocycles. The van der Waals surface area contributed by atoms with Gasteiger partial charge in [0.15, 0.2) is 17.3 Å². The zero-order chi connectivity index (χ0) is 26.2. The number of benzene rings is 2. The summed E-state index contributed by atoms with van der Waals surface area (Å²) in [6, 6.07) is 13.3. The summed E-state index contributed by atoms with van der Waals surface area (Å²) in [6.07, 6.45) is 5.00. The van der Waals surface area contributed by atoms with E-state index >= 15 is 0 Å². The monoisotopic (exact) mass is 493 g/mol. The first-order valence-electron chi connectivity index (χ1n) is 12.8. The molecule has 194 valence electrons. The second kappa shape index (κ2) is 12.7. The molecule has 0 aliphatic heterocycles. The third kappa shape index (κ3) is 7.21. The zero-order valence-corrected chi connectivity index (χ0v) is 22.5. The van der Waals surface area contributed by atoms with E-state index in [9.17, 15) is 9.90 Å². The molecule has 0 fully saturated rings. The molecule has 3 rings (SSSR count). The summed E-state index contributed by atoms with van der Waals surface area (Å²) in [6.45, 7) is 12.2. The number of aliphatic hydroxyl groups excluding tert-OH is 1. The number of fused-ring (bicyclic) bond motifs is 1. The number of quaternary nitrogens is 1. The van der Waals surface area contributed by atoms with Gasteiger partial charge in [-0.25, -0.2) is 0 Å². The molecule has 6 nitrogen and oxygen atoms in total. The molecule has 0 aliphatic carbocycles. The number of ether oxygens (including phenoxy) is 2. The van der Waals surface area contributed by atoms with Crippen LogP contribution in [0.15, 0.2) is 54.7 Å². The fourth-order valence-corrected chi connectivity index (χ4v) is 4.84. The molecule has 1 aromatic heterocycles. The van der Waals surface area contributed by atoms with Gasteiger partial charge >= 0.3 is 0 Å². The van der Waals surface area contributed by atoms with E-state index in [0.717, 1.165) is 29.6 Å². The van der Waals surface area contributed by atoms with Gasteiger partial charge in [-0.3, -0.25) is 4.79 Å². The highest BCUT2D eigenvalue weighted by Crippen LogP contribution is 2.28. The summed E-state index contributed by atoms with van der Waals surface area (Å²) < 4.78 is 12.7. The van der Waals surface area contributed by atoms with Gasteiger partial charge in [-0.2, -0.15) is 0 Å². The number of carbonyl (C=O) groups excluding carboxylic acids is 1. The van der Waals surface area contributed by atoms with Crippen LogP contribution in [0.2, 0.25) is 0 Å². The second-order valence-electron chi connectivity index (χ2n) is 10.3. The Labute approximate surface area is 215 Å². The van der Waals surface area contributed by atoms with Crippen molar-refractivity contribution in [2.24, 2.45) is 11.8 Å². The molecule has 1 heterocycles. The van der Waals surface area contributed by atoms with Crippen LogP contribution in [-0.4, -0.2) is 55.4 Å². The molecule has 0 bridgehead atoms. The number of carbonyl (C=O) groups is 1. The molecule has 2 N–H and O–H groups in total. The Morgan fingerprint density at radius 3 is 2.28 bits per heavy atom. The lowest BCUT2D eigenvalue weighted by atomic mass is 10.1. The molecule has 1 atom stereocenters. The van der Waals surface area contributed by atoms with E-state index in [0.29, 0.717) is 42.0 Å². The van der Waals surface area contributed by atoms with Gasteiger partial charge in [0.2, 0.25) is 0 Å². The second-order valence-corrected chi connectivity index (χ2v) is 10.3. The molecular formula is C30H41N2O4+. The number of hydrogen-bond acceptors (Lipinski definition) is 4. The van der Waals surface area contributed by atoms with Crippen LogP contribution in [0.5, 0.6) is 11.5 Å². The smallest absolute Gasteiger partial charge is 0.185 e. The predicted octanol–water partition coefficient (Wildman–Crippen LogP) is 4.11. The Hall–Kier alpha value is -3.09. The van der Waals surface area contributed by atoms with Crippen LogP contribution >= 0.6 is 0 Å². The Morgan fingerprint density at radius 2 is 1.64 bits per heavy atom. The van der Waals surface area contributed by atoms with E-state index in [2.05, 4.69) is 38.3 Å². The van der Waals surface area contributed by atoms with E-state index in [1.54, 1.807) is 38.5 Å². The number of ketones is 1. The fourth-order valence-electron chi connectivity index (χ4n) is 4.84. The van der Waals surface area contributed by atoms with E-state index in [-0.39, 0.29) is 5.78 Å². The maximum Gasteiger partial charge on any atom is 0.185 e. The first-order valence-corrected chi connectivity index (χ1v) is 12.8. The Balaban J connectivity index is 1.79. The molecule has 0 saturated carbocycles. The maximum absolute atomic E-state index is 12.9. The molecule has 0 radical (unpaired) electrons. The van der Waals surface area contributed by atoms with Crippen molar-refractivity contribution in [3.8, 4) is 11.5 Å². The van der Waals surface area contributed by atoms with E-state index in [1.165, 1.54) is 4.90 Å². The minimum absolute atomic E-state index is 0.116. The first-order chi connectivity index (χ1) is 17.2. The van der Waals surface area contributed by atoms with Crippen molar-refractivity contribution >= 4 is 22.8 Å². The number of para-hydroxylation sites is 1. The summed E-state index contributed by atoms with van der Waals surface area (Å²) in [5.74, 6) is 2.15. The third-order valence-electron chi connectivity index (χ3n) is 6.23. The lowest BCUT2D eigenvalue weighted by Gasteiger charge is -2.25. The number of methoxy groups -OCH3 is 2. The SMILES string of the molecule is COc1ccc(C(=O)/C=C/c2cn(C[C@H](O)C[NH+](CC(C)C)CC(C)C)c3ccccc23)cc1OC. The predicted molar refractivity (Wildman–Crippen MR) is 146 cm³/mol. The molecule has 0 amide bonds. The summed E-state index contributed by atoms with van der Waals surface area (Å²) in [5, 5.41) is 12.0. The van der Waals surface area contributed by atoms with Crippen molar-refractivity contribution in [3.63, 3.8) is 0 Å². The first kappa shape index (κ1) is 27.5. The molecule has 0 saturated heterocycles. The quantitative estimate of drug-likeness (QED) is 0.278. The number of nitrogens with zero attached hydrogens (tertiary/aromatic N) is 1. The average molecular weight is 494 g/mol. The lowest BCUT2D eigenvalue weighted by molar-refractivity contribution is -0.909. The van der Waals surface area contributed by atoms with Gasteiger partial charge in [-0.1, -0.05) is 45.9 Å². The number of hydrogen-bond donors (Lipinski definition) is 2. The number of nitrogens with one attached hydrogen (secondary N) is 1. The van der Waals surface area contributed by atoms with Crippen molar-refractivity contribution in [1.82, 2.24) is 4.57 Å². The highest BCUT2D eigenvalue weighted by Gasteiger charge is 2.19. The van der Waals surface area contributed by atoms with E-state index < -0.39 is 6.10 Å². The van der Waals surface area contributed by atoms with Gasteiger partial charge in [-0.05, 0) is 36.4 Å². The van der Waals surface area contributed by atoms with Gasteiger partial charge in [-0.15, -0.1) is 0 Å². The van der Waals surface area contributed by atoms with Gasteiger partial charge in [0.05, 0.1) is 33.9 Å². The topological polar surface area (TPSA) is 65.1 Å². The maximum atomic E-state index is 12.9. The summed E-state index contributed by atoms with van der Waals surface area (Å²) in [4.78, 5) is 14.3. The van der Waals surface area contributed by atoms with Crippen LogP contribution in [0.3, 0.4) is 0 Å². The Kier molecular flexibility index (Phi) is 9.73. The van der Waals surface area contributed by atoms with Crippen LogP contribution in [0, 0.1) is 11.8 Å². The van der Waals surface area contributed by atoms with Crippen LogP contribution in [0.4, 0.5) is 0 Å². The standard InChI is InChI=1S/C30H40N2O4/c1-21(2)16-31(17-22(3)4)19-25(33)20-32-18-24(26-9-7-8-10-27(26)32)11-13-28(34)23-12-14-29(35-5)30(15-23)36-6/h7-15,18,21-22,25,33H,16-17,19-20H2,1-6H3/p+1/b13-11+/t25-/m1/s1. The molecular weight excluding hydrogens is 452 g/mol. The van der Waals surface area contributed by atoms with Crippen LogP contribution < -0.4 is 14.4 Å². The van der Waals surface area contributed by atoms with Gasteiger partial charge in [0.25, 0.3) is 0 Å². The summed E-state index contributed by atoms with van der Waals surface area (Å²) in [7, 11) is 3.12. The zero-order valence-electron chi connectivity index (χ0n) is 22.5. The van der Waals surface area contributed by atoms with E-state index in [1.807, 2.05) is 30.5 Å². The molecule has 3 aromatic rings. The third-order valence-corrected chi connectivity index (χ3v) is 6.23. The molecule has 0 spiro atoms. The van der Waals surface area contributed by atoms with Crippen LogP contribution in [0.25, 0.3) is 17.0 Å². The van der Waals surface area contributed by atoms with Crippen molar-refractivity contribution in [3.05, 3.63) is 65.9 Å². The number of rotatable bonds is 13. The normalized spacial score (nSPS) is 12.8. The van der Waals surface area contributed by atoms with Crippen LogP contribution in [-0.2, 0) is 6.54 Å². The molecule has 36 heavy (non-hydrogen) atoms. The average Bonchev–Trinajstić information content (AvgIpc) is 3.18. The summed E-state index contributed by atoms with van der Waals surface area (Å²) in [5.41, 5.74) is 2.52. The lowest BCUT2D eigenvalue weighted by Crippen LogP contribution is -3.14. The van der Waals surface area contributed by atoms with Crippen molar-refractivity contribution in [2.45, 2.75) is 40.3 Å². The molecule has 0 unspecified atom stereocenters. The fraction of sp³-hybridized carbons (Fsp3) is 0.433. The summed E-state index contributed by atoms with van der Waals surface area (Å²) >= 11 is 0. The Morgan fingerprint density at radius 1 is 0.972 bits per heavy atom. The van der Waals surface area contributed by atoms with Gasteiger partial charge in [0.1, 0.15) is 12.6 Å². The Bertz CT molecular complexity index is 1170. The minimum Gasteiger partial charge on any atom is -0.493 e. The number of aliphatic hydroxyl groups is 1. The van der Waals surface area contributed by atoms with Crippen molar-refractivity contribution in [1.29, 1.82) is 0 Å². The highest BCUT2D eigenvalue weighted by atomic mass is 16.5. The van der Waals surface area contributed by atoms with E-state index in [4.69, 9.17) is 9.47 Å². The van der Waals surface area contributed by atoms with Crippen molar-refractivity contribution in [2.75, 3.05) is 33.9 Å². The van der Waals surface area contributed by atoms with Crippen molar-refractivity contribution < 1.29 is 24.3 Å². The highest BCUT2D eigenvalue weighted by molar-refractivity contribution is 6.08. The number of aromatic nitrogens is 1. The molecule has 6 heteroatoms. The van der Waals surface area contributed by atoms with Crippen LogP contribution in [0.1, 0.15) is 43.6 Å². The molecule has 0 aliphatic rings.